The maximum Gasteiger partial charge on any atom is 0.0497 e. The molecule has 1 N–H and O–H groups in total. The van der Waals surface area contributed by atoms with Crippen LogP contribution in [0.2, 0.25) is 0 Å². The lowest BCUT2D eigenvalue weighted by Gasteiger charge is -2.15. The fourth-order valence-electron chi connectivity index (χ4n) is 1.90. The van der Waals surface area contributed by atoms with Crippen LogP contribution in [0, 0.1) is 0 Å². The summed E-state index contributed by atoms with van der Waals surface area (Å²) in [5.41, 5.74) is 4.07. The van der Waals surface area contributed by atoms with Gasteiger partial charge in [0.05, 0.1) is 0 Å². The molecular formula is C15H24O. The number of hydrogen-bond acceptors (Lipinski definition) is 1. The van der Waals surface area contributed by atoms with Crippen LogP contribution in [-0.2, 0) is 6.42 Å². The van der Waals surface area contributed by atoms with Gasteiger partial charge in [-0.05, 0) is 29.0 Å². The van der Waals surface area contributed by atoms with Crippen LogP contribution in [0.4, 0.5) is 0 Å². The average Bonchev–Trinajstić information content (AvgIpc) is 2.28. The molecule has 0 aliphatic rings. The Balaban J connectivity index is 3.08. The molecule has 0 saturated heterocycles. The van der Waals surface area contributed by atoms with Gasteiger partial charge in [-0.3, -0.25) is 0 Å². The molecule has 1 aromatic rings. The second kappa shape index (κ2) is 6.05. The van der Waals surface area contributed by atoms with Gasteiger partial charge in [-0.1, -0.05) is 52.3 Å². The highest BCUT2D eigenvalue weighted by molar-refractivity contribution is 5.34. The lowest BCUT2D eigenvalue weighted by molar-refractivity contribution is 0.273. The number of aliphatic hydroxyl groups excluding tert-OH is 1. The Morgan fingerprint density at radius 1 is 1.06 bits per heavy atom. The van der Waals surface area contributed by atoms with Crippen molar-refractivity contribution in [3.05, 3.63) is 34.9 Å². The molecular weight excluding hydrogens is 196 g/mol. The second-order valence-electron chi connectivity index (χ2n) is 5.00. The van der Waals surface area contributed by atoms with Gasteiger partial charge in [-0.25, -0.2) is 0 Å². The van der Waals surface area contributed by atoms with Gasteiger partial charge in [-0.15, -0.1) is 0 Å². The fourth-order valence-corrected chi connectivity index (χ4v) is 1.90. The summed E-state index contributed by atoms with van der Waals surface area (Å²) in [4.78, 5) is 0. The summed E-state index contributed by atoms with van der Waals surface area (Å²) in [6.07, 6.45) is 2.31. The molecule has 16 heavy (non-hydrogen) atoms. The molecule has 0 bridgehead atoms. The summed E-state index contributed by atoms with van der Waals surface area (Å²) in [7, 11) is 0. The first kappa shape index (κ1) is 13.2. The van der Waals surface area contributed by atoms with E-state index in [-0.39, 0.29) is 12.5 Å². The van der Waals surface area contributed by atoms with Gasteiger partial charge in [0.1, 0.15) is 0 Å². The topological polar surface area (TPSA) is 20.2 Å². The Labute approximate surface area is 99.5 Å². The van der Waals surface area contributed by atoms with Gasteiger partial charge >= 0.3 is 0 Å². The van der Waals surface area contributed by atoms with Gasteiger partial charge in [0.2, 0.25) is 0 Å². The molecule has 1 rings (SSSR count). The minimum atomic E-state index is 0.229. The molecule has 0 spiro atoms. The highest BCUT2D eigenvalue weighted by atomic mass is 16.3. The number of benzene rings is 1. The van der Waals surface area contributed by atoms with Crippen LogP contribution in [0.1, 0.15) is 62.6 Å². The molecule has 90 valence electrons. The van der Waals surface area contributed by atoms with Gasteiger partial charge in [-0.2, -0.15) is 0 Å². The summed E-state index contributed by atoms with van der Waals surface area (Å²) in [6.45, 7) is 8.95. The lowest BCUT2D eigenvalue weighted by Crippen LogP contribution is -2.02. The van der Waals surface area contributed by atoms with E-state index in [2.05, 4.69) is 45.9 Å². The molecule has 1 nitrogen and oxygen atoms in total. The highest BCUT2D eigenvalue weighted by Crippen LogP contribution is 2.24. The van der Waals surface area contributed by atoms with Crippen molar-refractivity contribution in [2.75, 3.05) is 6.61 Å². The van der Waals surface area contributed by atoms with E-state index in [1.165, 1.54) is 23.1 Å². The smallest absolute Gasteiger partial charge is 0.0497 e. The maximum atomic E-state index is 9.24. The van der Waals surface area contributed by atoms with Crippen LogP contribution in [0.25, 0.3) is 0 Å². The molecule has 0 amide bonds. The first-order valence-electron chi connectivity index (χ1n) is 6.33. The van der Waals surface area contributed by atoms with Gasteiger partial charge in [0.25, 0.3) is 0 Å². The average molecular weight is 220 g/mol. The van der Waals surface area contributed by atoms with E-state index in [4.69, 9.17) is 0 Å². The lowest BCUT2D eigenvalue weighted by atomic mass is 9.91. The van der Waals surface area contributed by atoms with Crippen molar-refractivity contribution in [1.82, 2.24) is 0 Å². The zero-order valence-electron chi connectivity index (χ0n) is 11.0. The first-order valence-corrected chi connectivity index (χ1v) is 6.33. The molecule has 0 aliphatic heterocycles. The van der Waals surface area contributed by atoms with E-state index >= 15 is 0 Å². The summed E-state index contributed by atoms with van der Waals surface area (Å²) < 4.78 is 0. The van der Waals surface area contributed by atoms with Crippen molar-refractivity contribution in [3.8, 4) is 0 Å². The van der Waals surface area contributed by atoms with Crippen LogP contribution in [0.3, 0.4) is 0 Å². The zero-order valence-corrected chi connectivity index (χ0v) is 11.0. The summed E-state index contributed by atoms with van der Waals surface area (Å²) in [5.74, 6) is 0.802. The molecule has 1 unspecified atom stereocenters. The first-order chi connectivity index (χ1) is 7.58. The van der Waals surface area contributed by atoms with Crippen molar-refractivity contribution in [2.45, 2.75) is 52.4 Å². The highest BCUT2D eigenvalue weighted by Gasteiger charge is 2.09. The van der Waals surface area contributed by atoms with E-state index in [9.17, 15) is 5.11 Å². The van der Waals surface area contributed by atoms with E-state index in [1.807, 2.05) is 0 Å². The molecule has 0 heterocycles. The standard InChI is InChI=1S/C15H24O/c1-5-6-13-7-14(11(2)3)9-15(8-13)12(4)10-16/h7-9,11-12,16H,5-6,10H2,1-4H3. The SMILES string of the molecule is CCCc1cc(C(C)C)cc(C(C)CO)c1. The third-order valence-electron chi connectivity index (χ3n) is 3.09. The third kappa shape index (κ3) is 3.34. The van der Waals surface area contributed by atoms with Gasteiger partial charge < -0.3 is 5.11 Å². The number of rotatable bonds is 5. The summed E-state index contributed by atoms with van der Waals surface area (Å²) >= 11 is 0. The molecule has 0 aliphatic carbocycles. The van der Waals surface area contributed by atoms with Gasteiger partial charge in [0, 0.05) is 12.5 Å². The van der Waals surface area contributed by atoms with Crippen LogP contribution >= 0.6 is 0 Å². The monoisotopic (exact) mass is 220 g/mol. The fraction of sp³-hybridized carbons (Fsp3) is 0.600. The predicted molar refractivity (Wildman–Crippen MR) is 70.0 cm³/mol. The third-order valence-corrected chi connectivity index (χ3v) is 3.09. The second-order valence-corrected chi connectivity index (χ2v) is 5.00. The predicted octanol–water partition coefficient (Wildman–Crippen LogP) is 3.86. The minimum absolute atomic E-state index is 0.229. The van der Waals surface area contributed by atoms with Crippen molar-refractivity contribution in [2.24, 2.45) is 0 Å². The largest absolute Gasteiger partial charge is 0.396 e. The quantitative estimate of drug-likeness (QED) is 0.799. The van der Waals surface area contributed by atoms with E-state index in [0.29, 0.717) is 5.92 Å². The van der Waals surface area contributed by atoms with Crippen molar-refractivity contribution < 1.29 is 5.11 Å². The Kier molecular flexibility index (Phi) is 5.01. The Morgan fingerprint density at radius 2 is 1.69 bits per heavy atom. The molecule has 1 aromatic carbocycles. The number of aliphatic hydroxyl groups is 1. The number of aryl methyl sites for hydroxylation is 1. The maximum absolute atomic E-state index is 9.24. The molecule has 0 saturated carbocycles. The van der Waals surface area contributed by atoms with Crippen molar-refractivity contribution >= 4 is 0 Å². The molecule has 1 atom stereocenters. The van der Waals surface area contributed by atoms with E-state index in [1.54, 1.807) is 0 Å². The molecule has 0 fully saturated rings. The molecule has 1 heteroatoms. The minimum Gasteiger partial charge on any atom is -0.396 e. The molecule has 0 radical (unpaired) electrons. The summed E-state index contributed by atoms with van der Waals surface area (Å²) in [6, 6.07) is 6.79. The van der Waals surface area contributed by atoms with Crippen LogP contribution in [-0.4, -0.2) is 11.7 Å². The molecule has 0 aromatic heterocycles. The summed E-state index contributed by atoms with van der Waals surface area (Å²) in [5, 5.41) is 9.24. The van der Waals surface area contributed by atoms with Crippen LogP contribution in [0.15, 0.2) is 18.2 Å². The Bertz CT molecular complexity index is 328. The Hall–Kier alpha value is -0.820. The van der Waals surface area contributed by atoms with Gasteiger partial charge in [0.15, 0.2) is 0 Å². The number of hydrogen-bond donors (Lipinski definition) is 1. The normalized spacial score (nSPS) is 13.1. The van der Waals surface area contributed by atoms with Crippen LogP contribution < -0.4 is 0 Å². The van der Waals surface area contributed by atoms with Crippen LogP contribution in [0.5, 0.6) is 0 Å². The van der Waals surface area contributed by atoms with E-state index < -0.39 is 0 Å². The zero-order chi connectivity index (χ0) is 12.1. The van der Waals surface area contributed by atoms with Crippen molar-refractivity contribution in [3.63, 3.8) is 0 Å². The Morgan fingerprint density at radius 3 is 2.19 bits per heavy atom. The van der Waals surface area contributed by atoms with E-state index in [0.717, 1.165) is 6.42 Å². The van der Waals surface area contributed by atoms with Crippen molar-refractivity contribution in [1.29, 1.82) is 0 Å².